The smallest absolute Gasteiger partial charge is 0.0274 e. The van der Waals surface area contributed by atoms with Gasteiger partial charge in [-0.3, -0.25) is 0 Å². The van der Waals surface area contributed by atoms with Crippen molar-refractivity contribution in [3.05, 3.63) is 12.0 Å². The van der Waals surface area contributed by atoms with Crippen LogP contribution < -0.4 is 0 Å². The molecule has 0 amide bonds. The zero-order valence-corrected chi connectivity index (χ0v) is 12.0. The van der Waals surface area contributed by atoms with E-state index in [0.29, 0.717) is 0 Å². The number of rotatable bonds is 8. The maximum Gasteiger partial charge on any atom is 0.0274 e. The molecule has 2 radical (unpaired) electrons. The molecule has 88 valence electrons. The average molecular weight is 224 g/mol. The topological polar surface area (TPSA) is 0 Å². The molecular weight excluding hydrogens is 196 g/mol. The first-order valence-corrected chi connectivity index (χ1v) is 8.79. The molecule has 0 aliphatic heterocycles. The van der Waals surface area contributed by atoms with Crippen LogP contribution in [0, 0.1) is 12.0 Å². The fraction of sp³-hybridized carbons (Fsp3) is 0.857. The van der Waals surface area contributed by atoms with Gasteiger partial charge < -0.3 is 0 Å². The molecule has 1 aliphatic carbocycles. The third kappa shape index (κ3) is 7.16. The number of hydrogen-bond donors (Lipinski definition) is 0. The van der Waals surface area contributed by atoms with Crippen molar-refractivity contribution < 1.29 is 0 Å². The van der Waals surface area contributed by atoms with Crippen LogP contribution in [0.2, 0.25) is 6.04 Å². The van der Waals surface area contributed by atoms with Gasteiger partial charge in [0.25, 0.3) is 0 Å². The molecule has 0 N–H and O–H groups in total. The molecule has 0 aromatic rings. The molecule has 1 heteroatoms. The Balaban J connectivity index is 1.79. The van der Waals surface area contributed by atoms with Gasteiger partial charge in [-0.2, -0.15) is 0 Å². The monoisotopic (exact) mass is 224 g/mol. The summed E-state index contributed by atoms with van der Waals surface area (Å²) in [6.07, 6.45) is 17.0. The Morgan fingerprint density at radius 3 is 2.40 bits per heavy atom. The van der Waals surface area contributed by atoms with E-state index in [2.05, 4.69) is 13.3 Å². The maximum atomic E-state index is 2.47. The second kappa shape index (κ2) is 9.44. The molecule has 0 aromatic heterocycles. The van der Waals surface area contributed by atoms with Crippen LogP contribution in [0.1, 0.15) is 71.1 Å². The first kappa shape index (κ1) is 13.3. The highest BCUT2D eigenvalue weighted by Gasteiger charge is 2.13. The second-order valence-electron chi connectivity index (χ2n) is 4.99. The fourth-order valence-corrected chi connectivity index (χ4v) is 4.48. The van der Waals surface area contributed by atoms with E-state index in [9.17, 15) is 0 Å². The predicted octanol–water partition coefficient (Wildman–Crippen LogP) is 4.24. The summed E-state index contributed by atoms with van der Waals surface area (Å²) in [5, 5.41) is 0. The summed E-state index contributed by atoms with van der Waals surface area (Å²) in [5.74, 6) is 0. The Hall–Kier alpha value is 0.217. The highest BCUT2D eigenvalue weighted by Crippen LogP contribution is 2.25. The third-order valence-corrected chi connectivity index (χ3v) is 5.81. The SMILES string of the molecule is CCCCCCCC[SiH2][C]1CC[CH]CC1. The first-order valence-electron chi connectivity index (χ1n) is 7.08. The van der Waals surface area contributed by atoms with Crippen LogP contribution in [-0.2, 0) is 0 Å². The summed E-state index contributed by atoms with van der Waals surface area (Å²) < 4.78 is 0. The van der Waals surface area contributed by atoms with Gasteiger partial charge in [0.2, 0.25) is 0 Å². The van der Waals surface area contributed by atoms with E-state index in [1.807, 2.05) is 5.54 Å². The largest absolute Gasteiger partial charge is 0.0654 e. The van der Waals surface area contributed by atoms with Crippen molar-refractivity contribution in [2.24, 2.45) is 0 Å². The van der Waals surface area contributed by atoms with Crippen LogP contribution in [0.3, 0.4) is 0 Å². The third-order valence-electron chi connectivity index (χ3n) is 3.54. The van der Waals surface area contributed by atoms with Crippen molar-refractivity contribution in [2.75, 3.05) is 0 Å². The molecular formula is C14H28Si. The van der Waals surface area contributed by atoms with Gasteiger partial charge in [-0.15, -0.1) is 0 Å². The van der Waals surface area contributed by atoms with Gasteiger partial charge in [-0.25, -0.2) is 0 Å². The lowest BCUT2D eigenvalue weighted by Gasteiger charge is -2.20. The van der Waals surface area contributed by atoms with Crippen molar-refractivity contribution in [1.29, 1.82) is 0 Å². The Kier molecular flexibility index (Phi) is 8.36. The van der Waals surface area contributed by atoms with Crippen molar-refractivity contribution in [2.45, 2.75) is 77.2 Å². The average Bonchev–Trinajstić information content (AvgIpc) is 2.29. The van der Waals surface area contributed by atoms with Gasteiger partial charge in [-0.1, -0.05) is 64.3 Å². The van der Waals surface area contributed by atoms with E-state index >= 15 is 0 Å². The minimum absolute atomic E-state index is 0.223. The molecule has 0 bridgehead atoms. The molecule has 0 nitrogen and oxygen atoms in total. The van der Waals surface area contributed by atoms with Gasteiger partial charge in [0.05, 0.1) is 0 Å². The summed E-state index contributed by atoms with van der Waals surface area (Å²) in [6, 6.07) is 1.60. The molecule has 0 saturated heterocycles. The first-order chi connectivity index (χ1) is 7.43. The number of unbranched alkanes of at least 4 members (excludes halogenated alkanes) is 5. The zero-order valence-electron chi connectivity index (χ0n) is 10.6. The summed E-state index contributed by atoms with van der Waals surface area (Å²) in [5.41, 5.74) is 1.99. The van der Waals surface area contributed by atoms with E-state index in [4.69, 9.17) is 0 Å². The van der Waals surface area contributed by atoms with Crippen LogP contribution in [0.25, 0.3) is 0 Å². The summed E-state index contributed by atoms with van der Waals surface area (Å²) in [4.78, 5) is 0. The van der Waals surface area contributed by atoms with Crippen molar-refractivity contribution in [1.82, 2.24) is 0 Å². The van der Waals surface area contributed by atoms with Crippen LogP contribution in [0.5, 0.6) is 0 Å². The van der Waals surface area contributed by atoms with Gasteiger partial charge in [-0.05, 0) is 24.8 Å². The minimum Gasteiger partial charge on any atom is -0.0654 e. The van der Waals surface area contributed by atoms with Gasteiger partial charge >= 0.3 is 0 Å². The molecule has 1 aliphatic rings. The maximum absolute atomic E-state index is 2.47. The Morgan fingerprint density at radius 2 is 1.67 bits per heavy atom. The molecule has 1 fully saturated rings. The summed E-state index contributed by atoms with van der Waals surface area (Å²) in [7, 11) is 0.223. The highest BCUT2D eigenvalue weighted by atomic mass is 28.2. The summed E-state index contributed by atoms with van der Waals surface area (Å²) in [6.45, 7) is 2.30. The van der Waals surface area contributed by atoms with Gasteiger partial charge in [0, 0.05) is 9.52 Å². The van der Waals surface area contributed by atoms with Gasteiger partial charge in [0.1, 0.15) is 0 Å². The van der Waals surface area contributed by atoms with Crippen LogP contribution in [0.15, 0.2) is 0 Å². The molecule has 15 heavy (non-hydrogen) atoms. The Morgan fingerprint density at radius 1 is 1.00 bits per heavy atom. The minimum atomic E-state index is 0.223. The molecule has 0 atom stereocenters. The van der Waals surface area contributed by atoms with Crippen LogP contribution in [0.4, 0.5) is 0 Å². The second-order valence-corrected chi connectivity index (χ2v) is 7.19. The standard InChI is InChI=1S/C14H28Si/c1-2-3-4-5-6-10-13-15-14-11-8-7-9-12-14/h7H,2-6,8-13,15H2,1H3. The zero-order chi connectivity index (χ0) is 10.8. The van der Waals surface area contributed by atoms with E-state index < -0.39 is 0 Å². The number of hydrogen-bond acceptors (Lipinski definition) is 0. The molecule has 0 unspecified atom stereocenters. The lowest BCUT2D eigenvalue weighted by molar-refractivity contribution is 0.622. The summed E-state index contributed by atoms with van der Waals surface area (Å²) >= 11 is 0. The Bertz CT molecular complexity index is 127. The quantitative estimate of drug-likeness (QED) is 0.427. The van der Waals surface area contributed by atoms with E-state index in [0.717, 1.165) is 0 Å². The normalized spacial score (nSPS) is 19.0. The van der Waals surface area contributed by atoms with Gasteiger partial charge in [0.15, 0.2) is 0 Å². The fourth-order valence-electron chi connectivity index (χ4n) is 2.46. The lowest BCUT2D eigenvalue weighted by Crippen LogP contribution is -2.11. The van der Waals surface area contributed by atoms with E-state index in [1.165, 1.54) is 64.2 Å². The molecule has 0 heterocycles. The Labute approximate surface area is 99.1 Å². The molecule has 1 rings (SSSR count). The van der Waals surface area contributed by atoms with Crippen LogP contribution in [-0.4, -0.2) is 9.52 Å². The van der Waals surface area contributed by atoms with Crippen molar-refractivity contribution in [3.8, 4) is 0 Å². The van der Waals surface area contributed by atoms with Crippen molar-refractivity contribution in [3.63, 3.8) is 0 Å². The molecule has 0 spiro atoms. The molecule has 1 saturated carbocycles. The lowest BCUT2D eigenvalue weighted by atomic mass is 10.0. The highest BCUT2D eigenvalue weighted by molar-refractivity contribution is 6.43. The molecule has 0 aromatic carbocycles. The van der Waals surface area contributed by atoms with E-state index in [1.54, 1.807) is 6.04 Å². The predicted molar refractivity (Wildman–Crippen MR) is 72.7 cm³/mol. The van der Waals surface area contributed by atoms with Crippen molar-refractivity contribution >= 4 is 9.52 Å². The van der Waals surface area contributed by atoms with E-state index in [-0.39, 0.29) is 9.52 Å². The van der Waals surface area contributed by atoms with Crippen LogP contribution >= 0.6 is 0 Å².